The first-order valence-electron chi connectivity index (χ1n) is 11.5. The summed E-state index contributed by atoms with van der Waals surface area (Å²) >= 11 is 0. The minimum absolute atomic E-state index is 0.295. The Kier molecular flexibility index (Phi) is 6.23. The predicted octanol–water partition coefficient (Wildman–Crippen LogP) is 5.07. The first kappa shape index (κ1) is 22.9. The molecule has 0 aliphatic carbocycles. The summed E-state index contributed by atoms with van der Waals surface area (Å²) in [5, 5.41) is 13.7. The van der Waals surface area contributed by atoms with E-state index in [-0.39, 0.29) is 11.8 Å². The molecule has 1 aliphatic heterocycles. The summed E-state index contributed by atoms with van der Waals surface area (Å²) in [6.07, 6.45) is 1.52. The number of amides is 2. The van der Waals surface area contributed by atoms with E-state index in [0.29, 0.717) is 39.8 Å². The first-order chi connectivity index (χ1) is 17.6. The van der Waals surface area contributed by atoms with Gasteiger partial charge in [-0.2, -0.15) is 5.10 Å². The number of benzene rings is 3. The quantitative estimate of drug-likeness (QED) is 0.359. The molecule has 0 spiro atoms. The van der Waals surface area contributed by atoms with Crippen molar-refractivity contribution >= 4 is 29.0 Å². The lowest BCUT2D eigenvalue weighted by molar-refractivity contribution is -0.113. The van der Waals surface area contributed by atoms with Crippen molar-refractivity contribution < 1.29 is 14.3 Å². The van der Waals surface area contributed by atoms with Crippen LogP contribution in [-0.4, -0.2) is 28.7 Å². The van der Waals surface area contributed by atoms with Gasteiger partial charge in [-0.1, -0.05) is 60.7 Å². The summed E-state index contributed by atoms with van der Waals surface area (Å²) < 4.78 is 7.08. The van der Waals surface area contributed by atoms with Crippen LogP contribution in [0.4, 0.5) is 17.2 Å². The average Bonchev–Trinajstić information content (AvgIpc) is 3.32. The molecule has 0 saturated heterocycles. The Morgan fingerprint density at radius 1 is 0.889 bits per heavy atom. The highest BCUT2D eigenvalue weighted by Crippen LogP contribution is 2.38. The summed E-state index contributed by atoms with van der Waals surface area (Å²) in [5.41, 5.74) is 3.59. The number of carbonyl (C=O) groups excluding carboxylic acids is 2. The lowest BCUT2D eigenvalue weighted by Gasteiger charge is -2.30. The maximum Gasteiger partial charge on any atom is 0.261 e. The number of aromatic nitrogens is 2. The molecule has 0 saturated carbocycles. The van der Waals surface area contributed by atoms with Crippen LogP contribution >= 0.6 is 0 Å². The smallest absolute Gasteiger partial charge is 0.261 e. The van der Waals surface area contributed by atoms with Gasteiger partial charge in [0.15, 0.2) is 0 Å². The molecule has 0 radical (unpaired) electrons. The number of fused-ring (bicyclic) bond motifs is 1. The van der Waals surface area contributed by atoms with E-state index in [1.54, 1.807) is 23.9 Å². The van der Waals surface area contributed by atoms with Crippen LogP contribution in [0.2, 0.25) is 0 Å². The van der Waals surface area contributed by atoms with Crippen LogP contribution < -0.4 is 20.7 Å². The Labute approximate surface area is 208 Å². The third kappa shape index (κ3) is 4.32. The molecule has 36 heavy (non-hydrogen) atoms. The minimum Gasteiger partial charge on any atom is -0.495 e. The third-order valence-corrected chi connectivity index (χ3v) is 6.01. The normalized spacial score (nSPS) is 14.4. The van der Waals surface area contributed by atoms with Crippen molar-refractivity contribution in [2.75, 3.05) is 23.1 Å². The molecule has 0 fully saturated rings. The first-order valence-corrected chi connectivity index (χ1v) is 11.5. The second-order valence-corrected chi connectivity index (χ2v) is 8.30. The number of anilines is 3. The molecule has 1 atom stereocenters. The zero-order valence-electron chi connectivity index (χ0n) is 19.9. The van der Waals surface area contributed by atoms with Crippen LogP contribution in [0.15, 0.2) is 102 Å². The van der Waals surface area contributed by atoms with Gasteiger partial charge in [0.2, 0.25) is 0 Å². The van der Waals surface area contributed by atoms with Crippen LogP contribution in [0.1, 0.15) is 28.9 Å². The highest BCUT2D eigenvalue weighted by molar-refractivity contribution is 6.09. The number of nitrogens with one attached hydrogen (secondary N) is 3. The number of nitrogens with zero attached hydrogens (tertiary/aromatic N) is 2. The van der Waals surface area contributed by atoms with Crippen molar-refractivity contribution in [3.63, 3.8) is 0 Å². The predicted molar refractivity (Wildman–Crippen MR) is 139 cm³/mol. The summed E-state index contributed by atoms with van der Waals surface area (Å²) in [4.78, 5) is 26.7. The molecule has 2 heterocycles. The molecule has 1 aliphatic rings. The number of para-hydroxylation sites is 3. The maximum atomic E-state index is 13.6. The Morgan fingerprint density at radius 3 is 2.28 bits per heavy atom. The topological polar surface area (TPSA) is 97.3 Å². The van der Waals surface area contributed by atoms with Gasteiger partial charge in [0.1, 0.15) is 23.2 Å². The van der Waals surface area contributed by atoms with Gasteiger partial charge in [-0.25, -0.2) is 4.68 Å². The summed E-state index contributed by atoms with van der Waals surface area (Å²) in [6, 6.07) is 25.5. The Bertz CT molecular complexity index is 1440. The van der Waals surface area contributed by atoms with Crippen LogP contribution in [0.3, 0.4) is 0 Å². The molecule has 3 N–H and O–H groups in total. The SMILES string of the molecule is COc1ccccc1NC(=O)C1=C(C)Nc2c(C(=O)Nc3ccccc3)cnn2[C@@H]1c1ccccc1. The van der Waals surface area contributed by atoms with Gasteiger partial charge in [-0.3, -0.25) is 9.59 Å². The van der Waals surface area contributed by atoms with Gasteiger partial charge >= 0.3 is 0 Å². The molecular weight excluding hydrogens is 454 g/mol. The fourth-order valence-corrected chi connectivity index (χ4v) is 4.32. The van der Waals surface area contributed by atoms with Crippen molar-refractivity contribution in [2.24, 2.45) is 0 Å². The van der Waals surface area contributed by atoms with E-state index in [2.05, 4.69) is 21.0 Å². The van der Waals surface area contributed by atoms with E-state index in [1.165, 1.54) is 6.20 Å². The number of hydrogen-bond donors (Lipinski definition) is 3. The van der Waals surface area contributed by atoms with Crippen LogP contribution in [0.25, 0.3) is 0 Å². The third-order valence-electron chi connectivity index (χ3n) is 6.01. The van der Waals surface area contributed by atoms with Gasteiger partial charge in [0.25, 0.3) is 11.8 Å². The summed E-state index contributed by atoms with van der Waals surface area (Å²) in [7, 11) is 1.56. The van der Waals surface area contributed by atoms with Crippen molar-refractivity contribution in [1.29, 1.82) is 0 Å². The van der Waals surface area contributed by atoms with Gasteiger partial charge in [-0.15, -0.1) is 0 Å². The van der Waals surface area contributed by atoms with Crippen molar-refractivity contribution in [3.8, 4) is 5.75 Å². The molecule has 0 bridgehead atoms. The lowest BCUT2D eigenvalue weighted by atomic mass is 9.94. The number of methoxy groups -OCH3 is 1. The van der Waals surface area contributed by atoms with Crippen LogP contribution in [0, 0.1) is 0 Å². The van der Waals surface area contributed by atoms with Gasteiger partial charge in [-0.05, 0) is 36.8 Å². The fourth-order valence-electron chi connectivity index (χ4n) is 4.32. The van der Waals surface area contributed by atoms with Crippen LogP contribution in [-0.2, 0) is 4.79 Å². The van der Waals surface area contributed by atoms with E-state index in [4.69, 9.17) is 4.74 Å². The second kappa shape index (κ2) is 9.79. The molecule has 8 nitrogen and oxygen atoms in total. The number of hydrogen-bond acceptors (Lipinski definition) is 5. The van der Waals surface area contributed by atoms with E-state index in [0.717, 1.165) is 5.56 Å². The molecule has 3 aromatic carbocycles. The average molecular weight is 480 g/mol. The van der Waals surface area contributed by atoms with Gasteiger partial charge in [0, 0.05) is 11.4 Å². The molecule has 1 aromatic heterocycles. The molecule has 0 unspecified atom stereocenters. The van der Waals surface area contributed by atoms with Gasteiger partial charge in [0.05, 0.1) is 24.6 Å². The van der Waals surface area contributed by atoms with Crippen molar-refractivity contribution in [3.05, 3.63) is 114 Å². The molecule has 8 heteroatoms. The van der Waals surface area contributed by atoms with E-state index in [9.17, 15) is 9.59 Å². The zero-order chi connectivity index (χ0) is 25.1. The van der Waals surface area contributed by atoms with E-state index in [1.807, 2.05) is 79.7 Å². The highest BCUT2D eigenvalue weighted by Gasteiger charge is 2.35. The standard InChI is InChI=1S/C28H25N5O3/c1-18-24(28(35)32-22-15-9-10-16-23(22)36-2)25(19-11-5-3-6-12-19)33-26(30-18)21(17-29-33)27(34)31-20-13-7-4-8-14-20/h3-17,25,30H,1-2H3,(H,31,34)(H,32,35)/t25-/m1/s1. The zero-order valence-corrected chi connectivity index (χ0v) is 19.9. The fraction of sp³-hybridized carbons (Fsp3) is 0.107. The molecular formula is C28H25N5O3. The molecule has 4 aromatic rings. The largest absolute Gasteiger partial charge is 0.495 e. The Hall–Kier alpha value is -4.85. The number of carbonyl (C=O) groups is 2. The molecule has 180 valence electrons. The summed E-state index contributed by atoms with van der Waals surface area (Å²) in [6.45, 7) is 1.82. The molecule has 5 rings (SSSR count). The maximum absolute atomic E-state index is 13.6. The van der Waals surface area contributed by atoms with Crippen molar-refractivity contribution in [2.45, 2.75) is 13.0 Å². The number of rotatable bonds is 6. The number of allylic oxidation sites excluding steroid dienone is 1. The highest BCUT2D eigenvalue weighted by atomic mass is 16.5. The Morgan fingerprint density at radius 2 is 1.56 bits per heavy atom. The molecule has 2 amide bonds. The summed E-state index contributed by atoms with van der Waals surface area (Å²) in [5.74, 6) is 0.485. The Balaban J connectivity index is 1.54. The monoisotopic (exact) mass is 479 g/mol. The lowest BCUT2D eigenvalue weighted by Crippen LogP contribution is -2.32. The van der Waals surface area contributed by atoms with Crippen molar-refractivity contribution in [1.82, 2.24) is 9.78 Å². The van der Waals surface area contributed by atoms with E-state index >= 15 is 0 Å². The number of ether oxygens (including phenoxy) is 1. The second-order valence-electron chi connectivity index (χ2n) is 8.30. The minimum atomic E-state index is -0.546. The van der Waals surface area contributed by atoms with Crippen LogP contribution in [0.5, 0.6) is 5.75 Å². The van der Waals surface area contributed by atoms with Gasteiger partial charge < -0.3 is 20.7 Å². The van der Waals surface area contributed by atoms with E-state index < -0.39 is 6.04 Å².